The van der Waals surface area contributed by atoms with Crippen LogP contribution in [-0.4, -0.2) is 9.78 Å². The van der Waals surface area contributed by atoms with Gasteiger partial charge >= 0.3 is 6.18 Å². The van der Waals surface area contributed by atoms with Crippen molar-refractivity contribution in [1.29, 1.82) is 0 Å². The Hall–Kier alpha value is -3.62. The topological polar surface area (TPSA) is 27.1 Å². The first-order valence-corrected chi connectivity index (χ1v) is 12.5. The Bertz CT molecular complexity index is 1700. The van der Waals surface area contributed by atoms with Crippen molar-refractivity contribution in [1.82, 2.24) is 9.78 Å². The number of halogens is 7. The van der Waals surface area contributed by atoms with Crippen LogP contribution in [0.5, 0.6) is 5.75 Å². The Morgan fingerprint density at radius 3 is 2.44 bits per heavy atom. The number of aromatic nitrogens is 2. The third-order valence-corrected chi connectivity index (χ3v) is 6.87. The predicted octanol–water partition coefficient (Wildman–Crippen LogP) is 9.24. The lowest BCUT2D eigenvalue weighted by molar-refractivity contribution is -0.136. The van der Waals surface area contributed by atoms with Crippen LogP contribution >= 0.6 is 23.2 Å². The molecule has 0 saturated carbocycles. The van der Waals surface area contributed by atoms with E-state index in [1.807, 2.05) is 0 Å². The number of fused-ring (bicyclic) bond motifs is 1. The summed E-state index contributed by atoms with van der Waals surface area (Å²) >= 11 is 12.0. The van der Waals surface area contributed by atoms with Gasteiger partial charge in [-0.05, 0) is 48.9 Å². The number of nitrogens with zero attached hydrogens (tertiary/aromatic N) is 2. The van der Waals surface area contributed by atoms with Crippen LogP contribution in [0.15, 0.2) is 72.8 Å². The molecule has 3 nitrogen and oxygen atoms in total. The molecule has 0 spiro atoms. The Labute approximate surface area is 230 Å². The van der Waals surface area contributed by atoms with Gasteiger partial charge in [0.05, 0.1) is 22.8 Å². The van der Waals surface area contributed by atoms with Crippen LogP contribution in [0.2, 0.25) is 10.0 Å². The summed E-state index contributed by atoms with van der Waals surface area (Å²) in [4.78, 5) is 0. The van der Waals surface area contributed by atoms with Crippen LogP contribution < -0.4 is 4.74 Å². The first-order valence-electron chi connectivity index (χ1n) is 11.7. The van der Waals surface area contributed by atoms with Gasteiger partial charge in [0.15, 0.2) is 0 Å². The van der Waals surface area contributed by atoms with E-state index in [0.29, 0.717) is 22.6 Å². The minimum Gasteiger partial charge on any atom is -0.489 e. The first kappa shape index (κ1) is 27.0. The zero-order valence-corrected chi connectivity index (χ0v) is 21.8. The van der Waals surface area contributed by atoms with Gasteiger partial charge in [0.1, 0.15) is 29.5 Å². The molecule has 0 saturated heterocycles. The minimum absolute atomic E-state index is 0.153. The van der Waals surface area contributed by atoms with E-state index in [9.17, 15) is 22.0 Å². The van der Waals surface area contributed by atoms with Crippen LogP contribution in [0.25, 0.3) is 22.2 Å². The van der Waals surface area contributed by atoms with E-state index < -0.39 is 23.4 Å². The fourth-order valence-electron chi connectivity index (χ4n) is 4.35. The molecule has 39 heavy (non-hydrogen) atoms. The van der Waals surface area contributed by atoms with Gasteiger partial charge in [0, 0.05) is 27.1 Å². The number of hydrogen-bond acceptors (Lipinski definition) is 2. The zero-order valence-electron chi connectivity index (χ0n) is 20.3. The van der Waals surface area contributed by atoms with Crippen LogP contribution in [0.4, 0.5) is 22.0 Å². The summed E-state index contributed by atoms with van der Waals surface area (Å²) in [5.41, 5.74) is 0.416. The monoisotopic (exact) mass is 576 g/mol. The number of aryl methyl sites for hydroxylation is 1. The lowest BCUT2D eigenvalue weighted by Crippen LogP contribution is -2.07. The van der Waals surface area contributed by atoms with Gasteiger partial charge in [-0.25, -0.2) is 8.78 Å². The van der Waals surface area contributed by atoms with Crippen LogP contribution in [0.1, 0.15) is 22.3 Å². The molecule has 0 atom stereocenters. The average Bonchev–Trinajstić information content (AvgIpc) is 3.25. The number of alkyl halides is 3. The fourth-order valence-corrected chi connectivity index (χ4v) is 4.71. The number of hydrogen-bond donors (Lipinski definition) is 0. The summed E-state index contributed by atoms with van der Waals surface area (Å²) in [5, 5.41) is 4.89. The number of ether oxygens (including phenoxy) is 1. The number of benzene rings is 4. The smallest absolute Gasteiger partial charge is 0.418 e. The van der Waals surface area contributed by atoms with Crippen molar-refractivity contribution in [2.75, 3.05) is 0 Å². The van der Waals surface area contributed by atoms with Gasteiger partial charge < -0.3 is 4.74 Å². The Balaban J connectivity index is 1.60. The molecular weight excluding hydrogens is 558 g/mol. The van der Waals surface area contributed by atoms with E-state index in [1.54, 1.807) is 43.3 Å². The van der Waals surface area contributed by atoms with Crippen molar-refractivity contribution in [3.05, 3.63) is 117 Å². The second kappa shape index (κ2) is 10.5. The van der Waals surface area contributed by atoms with Gasteiger partial charge in [-0.1, -0.05) is 59.6 Å². The maximum Gasteiger partial charge on any atom is 0.418 e. The molecule has 4 aromatic carbocycles. The summed E-state index contributed by atoms with van der Waals surface area (Å²) in [7, 11) is 0. The zero-order chi connectivity index (χ0) is 27.9. The molecule has 1 aromatic heterocycles. The highest BCUT2D eigenvalue weighted by Crippen LogP contribution is 2.39. The highest BCUT2D eigenvalue weighted by Gasteiger charge is 2.34. The predicted molar refractivity (Wildman–Crippen MR) is 141 cm³/mol. The van der Waals surface area contributed by atoms with Crippen molar-refractivity contribution in [2.24, 2.45) is 0 Å². The van der Waals surface area contributed by atoms with Gasteiger partial charge in [-0.2, -0.15) is 18.3 Å². The van der Waals surface area contributed by atoms with Crippen molar-refractivity contribution in [2.45, 2.75) is 26.3 Å². The third kappa shape index (κ3) is 5.44. The average molecular weight is 577 g/mol. The quantitative estimate of drug-likeness (QED) is 0.188. The van der Waals surface area contributed by atoms with Crippen molar-refractivity contribution >= 4 is 34.1 Å². The second-order valence-electron chi connectivity index (χ2n) is 8.91. The molecule has 1 heterocycles. The summed E-state index contributed by atoms with van der Waals surface area (Å²) in [6.07, 6.45) is -4.65. The van der Waals surface area contributed by atoms with Gasteiger partial charge in [0.2, 0.25) is 0 Å². The molecule has 200 valence electrons. The molecule has 5 aromatic rings. The molecular formula is C29H19Cl2F5N2O. The molecule has 0 bridgehead atoms. The van der Waals surface area contributed by atoms with Crippen LogP contribution in [-0.2, 0) is 19.3 Å². The Morgan fingerprint density at radius 1 is 0.923 bits per heavy atom. The highest BCUT2D eigenvalue weighted by molar-refractivity contribution is 6.31. The van der Waals surface area contributed by atoms with Crippen molar-refractivity contribution < 1.29 is 26.7 Å². The molecule has 0 unspecified atom stereocenters. The van der Waals surface area contributed by atoms with E-state index >= 15 is 0 Å². The van der Waals surface area contributed by atoms with E-state index in [4.69, 9.17) is 27.9 Å². The molecule has 0 aliphatic heterocycles. The molecule has 0 radical (unpaired) electrons. The van der Waals surface area contributed by atoms with E-state index in [-0.39, 0.29) is 45.2 Å². The molecule has 0 aliphatic rings. The maximum absolute atomic E-state index is 14.6. The molecule has 5 rings (SSSR count). The van der Waals surface area contributed by atoms with Gasteiger partial charge in [-0.3, -0.25) is 4.68 Å². The molecule has 10 heteroatoms. The van der Waals surface area contributed by atoms with Gasteiger partial charge in [-0.15, -0.1) is 0 Å². The lowest BCUT2D eigenvalue weighted by Gasteiger charge is -2.13. The maximum atomic E-state index is 14.6. The van der Waals surface area contributed by atoms with Crippen LogP contribution in [0.3, 0.4) is 0 Å². The fraction of sp³-hybridized carbons (Fsp3) is 0.138. The summed E-state index contributed by atoms with van der Waals surface area (Å²) < 4.78 is 77.9. The lowest BCUT2D eigenvalue weighted by atomic mass is 10.0. The SMILES string of the molecule is Cc1ccc(Cl)c(COc2cccc(-c3c4cccc(C(F)(F)F)c4nn3Cc3ccc(Cl)cc3F)c2)c1F. The summed E-state index contributed by atoms with van der Waals surface area (Å²) in [6.45, 7) is 1.30. The molecule has 0 fully saturated rings. The molecule has 0 aliphatic carbocycles. The Kier molecular flexibility index (Phi) is 7.27. The second-order valence-corrected chi connectivity index (χ2v) is 9.76. The van der Waals surface area contributed by atoms with Gasteiger partial charge in [0.25, 0.3) is 0 Å². The normalized spacial score (nSPS) is 11.8. The number of rotatable bonds is 6. The third-order valence-electron chi connectivity index (χ3n) is 6.28. The first-order chi connectivity index (χ1) is 18.5. The van der Waals surface area contributed by atoms with E-state index in [1.165, 1.54) is 28.9 Å². The summed E-state index contributed by atoms with van der Waals surface area (Å²) in [5.74, 6) is -0.763. The summed E-state index contributed by atoms with van der Waals surface area (Å²) in [6, 6.07) is 17.6. The van der Waals surface area contributed by atoms with E-state index in [2.05, 4.69) is 5.10 Å². The minimum atomic E-state index is -4.65. The molecule has 0 N–H and O–H groups in total. The Morgan fingerprint density at radius 2 is 1.69 bits per heavy atom. The van der Waals surface area contributed by atoms with Crippen molar-refractivity contribution in [3.63, 3.8) is 0 Å². The molecule has 0 amide bonds. The largest absolute Gasteiger partial charge is 0.489 e. The highest BCUT2D eigenvalue weighted by atomic mass is 35.5. The van der Waals surface area contributed by atoms with Crippen LogP contribution in [0, 0.1) is 18.6 Å². The standard InChI is InChI=1S/C29H19Cl2F5N2O/c1-16-8-11-24(31)22(26(16)33)15-39-20-5-2-4-17(12-20)28-21-6-3-7-23(29(34,35)36)27(21)37-38(28)14-18-9-10-19(30)13-25(18)32/h2-13H,14-15H2,1H3. The van der Waals surface area contributed by atoms with Crippen molar-refractivity contribution in [3.8, 4) is 17.0 Å². The van der Waals surface area contributed by atoms with E-state index in [0.717, 1.165) is 12.1 Å².